The molecule has 0 bridgehead atoms. The molecule has 0 radical (unpaired) electrons. The molecule has 2 aromatic carbocycles. The lowest BCUT2D eigenvalue weighted by molar-refractivity contribution is -0.137. The molecule has 9 heteroatoms. The van der Waals surface area contributed by atoms with Crippen molar-refractivity contribution in [2.75, 3.05) is 26.2 Å². The lowest BCUT2D eigenvalue weighted by Gasteiger charge is -2.34. The van der Waals surface area contributed by atoms with Gasteiger partial charge in [0.2, 0.25) is 5.43 Å². The van der Waals surface area contributed by atoms with E-state index in [1.165, 1.54) is 28.4 Å². The van der Waals surface area contributed by atoms with Crippen molar-refractivity contribution in [2.45, 2.75) is 19.6 Å². The first-order valence-electron chi connectivity index (χ1n) is 10.6. The normalized spacial score (nSPS) is 15.0. The van der Waals surface area contributed by atoms with E-state index in [1.807, 2.05) is 30.3 Å². The molecule has 0 spiro atoms. The smallest absolute Gasteiger partial charge is 0.335 e. The minimum atomic E-state index is -4.51. The molecule has 1 saturated heterocycles. The molecular formula is C24H23F3N4O2. The Morgan fingerprint density at radius 1 is 0.970 bits per heavy atom. The van der Waals surface area contributed by atoms with Crippen molar-refractivity contribution in [3.63, 3.8) is 0 Å². The molecule has 6 nitrogen and oxygen atoms in total. The Labute approximate surface area is 188 Å². The van der Waals surface area contributed by atoms with Crippen molar-refractivity contribution in [1.29, 1.82) is 0 Å². The number of hydrogen-bond acceptors (Lipinski definition) is 4. The predicted octanol–water partition coefficient (Wildman–Crippen LogP) is 3.52. The molecule has 0 saturated carbocycles. The Balaban J connectivity index is 1.53. The second kappa shape index (κ2) is 9.19. The van der Waals surface area contributed by atoms with E-state index in [-0.39, 0.29) is 11.4 Å². The number of amides is 1. The van der Waals surface area contributed by atoms with Gasteiger partial charge >= 0.3 is 6.18 Å². The largest absolute Gasteiger partial charge is 0.416 e. The van der Waals surface area contributed by atoms with Gasteiger partial charge in [-0.3, -0.25) is 14.5 Å². The van der Waals surface area contributed by atoms with Crippen LogP contribution in [0.5, 0.6) is 0 Å². The van der Waals surface area contributed by atoms with Gasteiger partial charge in [-0.15, -0.1) is 0 Å². The highest BCUT2D eigenvalue weighted by Crippen LogP contribution is 2.30. The van der Waals surface area contributed by atoms with Gasteiger partial charge in [0.15, 0.2) is 5.69 Å². The van der Waals surface area contributed by atoms with Crippen LogP contribution in [0.4, 0.5) is 13.2 Å². The van der Waals surface area contributed by atoms with Crippen LogP contribution in [0.2, 0.25) is 0 Å². The Morgan fingerprint density at radius 3 is 2.33 bits per heavy atom. The maximum absolute atomic E-state index is 13.1. The zero-order chi connectivity index (χ0) is 23.6. The highest BCUT2D eigenvalue weighted by Gasteiger charge is 2.31. The van der Waals surface area contributed by atoms with Crippen LogP contribution in [0.3, 0.4) is 0 Å². The quantitative estimate of drug-likeness (QED) is 0.603. The minimum Gasteiger partial charge on any atom is -0.335 e. The molecule has 172 valence electrons. The lowest BCUT2D eigenvalue weighted by atomic mass is 10.2. The summed E-state index contributed by atoms with van der Waals surface area (Å²) in [5.74, 6) is -0.514. The molecule has 0 N–H and O–H groups in total. The summed E-state index contributed by atoms with van der Waals surface area (Å²) in [6, 6.07) is 15.9. The Hall–Kier alpha value is -3.46. The average Bonchev–Trinajstić information content (AvgIpc) is 2.79. The van der Waals surface area contributed by atoms with Crippen LogP contribution < -0.4 is 5.43 Å². The van der Waals surface area contributed by atoms with E-state index in [1.54, 1.807) is 11.8 Å². The number of rotatable bonds is 4. The first-order chi connectivity index (χ1) is 15.7. The van der Waals surface area contributed by atoms with Crippen LogP contribution in [-0.2, 0) is 12.7 Å². The number of piperazine rings is 1. The van der Waals surface area contributed by atoms with E-state index in [0.717, 1.165) is 18.7 Å². The standard InChI is InChI=1S/C24H23F3N4O2/c1-17-14-21(32)22(28-31(17)20-9-5-8-19(15-20)24(25,26)27)23(33)30-12-10-29(11-13-30)16-18-6-3-2-4-7-18/h2-9,14-15H,10-13,16H2,1H3. The fourth-order valence-corrected chi connectivity index (χ4v) is 3.87. The fourth-order valence-electron chi connectivity index (χ4n) is 3.87. The number of aromatic nitrogens is 2. The number of aryl methyl sites for hydroxylation is 1. The second-order valence-electron chi connectivity index (χ2n) is 8.01. The molecule has 1 amide bonds. The Kier molecular flexibility index (Phi) is 6.33. The fraction of sp³-hybridized carbons (Fsp3) is 0.292. The second-order valence-corrected chi connectivity index (χ2v) is 8.01. The van der Waals surface area contributed by atoms with Gasteiger partial charge in [0.05, 0.1) is 11.3 Å². The molecule has 1 aromatic heterocycles. The number of halogens is 3. The molecule has 3 aromatic rings. The topological polar surface area (TPSA) is 58.4 Å². The maximum atomic E-state index is 13.1. The third-order valence-electron chi connectivity index (χ3n) is 5.64. The Bertz CT molecular complexity index is 1200. The molecule has 4 rings (SSSR count). The zero-order valence-electron chi connectivity index (χ0n) is 18.0. The molecule has 2 heterocycles. The summed E-state index contributed by atoms with van der Waals surface area (Å²) in [6.45, 7) is 4.50. The minimum absolute atomic E-state index is 0.129. The van der Waals surface area contributed by atoms with Crippen molar-refractivity contribution < 1.29 is 18.0 Å². The first kappa shape index (κ1) is 22.7. The molecule has 1 aliphatic rings. The highest BCUT2D eigenvalue weighted by molar-refractivity contribution is 5.92. The van der Waals surface area contributed by atoms with Gasteiger partial charge in [0.1, 0.15) is 0 Å². The van der Waals surface area contributed by atoms with E-state index < -0.39 is 23.1 Å². The maximum Gasteiger partial charge on any atom is 0.416 e. The van der Waals surface area contributed by atoms with Crippen LogP contribution in [0, 0.1) is 6.92 Å². The summed E-state index contributed by atoms with van der Waals surface area (Å²) in [6.07, 6.45) is -4.51. The van der Waals surface area contributed by atoms with Gasteiger partial charge in [0.25, 0.3) is 5.91 Å². The predicted molar refractivity (Wildman–Crippen MR) is 117 cm³/mol. The summed E-state index contributed by atoms with van der Waals surface area (Å²) in [7, 11) is 0. The van der Waals surface area contributed by atoms with E-state index in [2.05, 4.69) is 10.00 Å². The molecule has 0 aliphatic carbocycles. The van der Waals surface area contributed by atoms with Gasteiger partial charge in [-0.2, -0.15) is 18.3 Å². The number of nitrogens with zero attached hydrogens (tertiary/aromatic N) is 4. The molecule has 1 aliphatic heterocycles. The summed E-state index contributed by atoms with van der Waals surface area (Å²) < 4.78 is 40.6. The van der Waals surface area contributed by atoms with E-state index in [4.69, 9.17) is 0 Å². The number of hydrogen-bond donors (Lipinski definition) is 0. The third kappa shape index (κ3) is 5.14. The van der Waals surface area contributed by atoms with Gasteiger partial charge in [0, 0.05) is 44.5 Å². The number of benzene rings is 2. The summed E-state index contributed by atoms with van der Waals surface area (Å²) in [4.78, 5) is 29.4. The summed E-state index contributed by atoms with van der Waals surface area (Å²) in [5.41, 5.74) is -0.0293. The van der Waals surface area contributed by atoms with Crippen LogP contribution >= 0.6 is 0 Å². The van der Waals surface area contributed by atoms with E-state index >= 15 is 0 Å². The van der Waals surface area contributed by atoms with E-state index in [0.29, 0.717) is 31.9 Å². The molecule has 0 atom stereocenters. The van der Waals surface area contributed by atoms with Crippen molar-refractivity contribution in [3.8, 4) is 5.69 Å². The van der Waals surface area contributed by atoms with Crippen molar-refractivity contribution in [3.05, 3.63) is 93.4 Å². The number of carbonyl (C=O) groups is 1. The van der Waals surface area contributed by atoms with Crippen molar-refractivity contribution in [2.24, 2.45) is 0 Å². The molecule has 33 heavy (non-hydrogen) atoms. The van der Waals surface area contributed by atoms with Gasteiger partial charge in [-0.25, -0.2) is 4.68 Å². The number of alkyl halides is 3. The monoisotopic (exact) mass is 456 g/mol. The van der Waals surface area contributed by atoms with Gasteiger partial charge in [-0.1, -0.05) is 36.4 Å². The van der Waals surface area contributed by atoms with Gasteiger partial charge in [-0.05, 0) is 30.7 Å². The third-order valence-corrected chi connectivity index (χ3v) is 5.64. The van der Waals surface area contributed by atoms with Crippen molar-refractivity contribution >= 4 is 5.91 Å². The Morgan fingerprint density at radius 2 is 1.67 bits per heavy atom. The first-order valence-corrected chi connectivity index (χ1v) is 10.6. The molecule has 0 unspecified atom stereocenters. The average molecular weight is 456 g/mol. The zero-order valence-corrected chi connectivity index (χ0v) is 18.0. The number of carbonyl (C=O) groups excluding carboxylic acids is 1. The van der Waals surface area contributed by atoms with Gasteiger partial charge < -0.3 is 4.90 Å². The van der Waals surface area contributed by atoms with Crippen LogP contribution in [0.25, 0.3) is 5.69 Å². The highest BCUT2D eigenvalue weighted by atomic mass is 19.4. The molecule has 1 fully saturated rings. The van der Waals surface area contributed by atoms with E-state index in [9.17, 15) is 22.8 Å². The summed E-state index contributed by atoms with van der Waals surface area (Å²) in [5, 5.41) is 4.16. The van der Waals surface area contributed by atoms with Crippen molar-refractivity contribution in [1.82, 2.24) is 19.6 Å². The van der Waals surface area contributed by atoms with Crippen LogP contribution in [-0.4, -0.2) is 51.7 Å². The van der Waals surface area contributed by atoms with Crippen LogP contribution in [0.1, 0.15) is 27.3 Å². The summed E-state index contributed by atoms with van der Waals surface area (Å²) >= 11 is 0. The SMILES string of the molecule is Cc1cc(=O)c(C(=O)N2CCN(Cc3ccccc3)CC2)nn1-c1cccc(C(F)(F)F)c1. The molecular weight excluding hydrogens is 433 g/mol. The van der Waals surface area contributed by atoms with Crippen LogP contribution in [0.15, 0.2) is 65.5 Å². The lowest BCUT2D eigenvalue weighted by Crippen LogP contribution is -2.49.